The summed E-state index contributed by atoms with van der Waals surface area (Å²) in [6.45, 7) is 0.636. The zero-order chi connectivity index (χ0) is 17.9. The lowest BCUT2D eigenvalue weighted by molar-refractivity contribution is 0.0908. The molecule has 1 heterocycles. The number of hydrogen-bond acceptors (Lipinski definition) is 3. The number of halogens is 2. The van der Waals surface area contributed by atoms with Crippen LogP contribution >= 0.6 is 24.8 Å². The van der Waals surface area contributed by atoms with Gasteiger partial charge in [-0.05, 0) is 61.7 Å². The van der Waals surface area contributed by atoms with E-state index in [4.69, 9.17) is 5.73 Å². The molecule has 0 spiro atoms. The van der Waals surface area contributed by atoms with Crippen LogP contribution in [-0.2, 0) is 0 Å². The van der Waals surface area contributed by atoms with E-state index in [1.165, 1.54) is 6.42 Å². The Labute approximate surface area is 177 Å². The van der Waals surface area contributed by atoms with Crippen LogP contribution in [-0.4, -0.2) is 28.0 Å². The van der Waals surface area contributed by atoms with Crippen molar-refractivity contribution in [2.45, 2.75) is 31.7 Å². The number of para-hydroxylation sites is 2. The van der Waals surface area contributed by atoms with Crippen molar-refractivity contribution in [1.82, 2.24) is 14.9 Å². The van der Waals surface area contributed by atoms with Gasteiger partial charge in [-0.1, -0.05) is 25.0 Å². The maximum atomic E-state index is 12.6. The molecule has 1 fully saturated rings. The highest BCUT2D eigenvalue weighted by Crippen LogP contribution is 2.24. The number of benzene rings is 2. The molecule has 0 radical (unpaired) electrons. The van der Waals surface area contributed by atoms with E-state index in [0.29, 0.717) is 18.0 Å². The van der Waals surface area contributed by atoms with Crippen LogP contribution < -0.4 is 11.1 Å². The van der Waals surface area contributed by atoms with Crippen molar-refractivity contribution < 1.29 is 4.79 Å². The van der Waals surface area contributed by atoms with Crippen LogP contribution in [0.25, 0.3) is 16.7 Å². The van der Waals surface area contributed by atoms with Gasteiger partial charge in [-0.3, -0.25) is 9.36 Å². The number of carbonyl (C=O) groups is 1. The molecule has 150 valence electrons. The second kappa shape index (κ2) is 9.92. The Hall–Kier alpha value is -2.08. The van der Waals surface area contributed by atoms with E-state index in [9.17, 15) is 4.79 Å². The van der Waals surface area contributed by atoms with Crippen molar-refractivity contribution in [2.24, 2.45) is 11.7 Å². The second-order valence-electron chi connectivity index (χ2n) is 7.01. The highest BCUT2D eigenvalue weighted by molar-refractivity contribution is 5.94. The first-order valence-electron chi connectivity index (χ1n) is 9.30. The Balaban J connectivity index is 0.00000140. The summed E-state index contributed by atoms with van der Waals surface area (Å²) in [6.07, 6.45) is 6.31. The molecule has 4 rings (SSSR count). The molecule has 7 heteroatoms. The quantitative estimate of drug-likeness (QED) is 0.666. The lowest BCUT2D eigenvalue weighted by Gasteiger charge is -2.31. The first-order chi connectivity index (χ1) is 12.8. The predicted molar refractivity (Wildman–Crippen MR) is 118 cm³/mol. The minimum absolute atomic E-state index is 0. The predicted octanol–water partition coefficient (Wildman–Crippen LogP) is 4.12. The van der Waals surface area contributed by atoms with Crippen molar-refractivity contribution in [1.29, 1.82) is 0 Å². The van der Waals surface area contributed by atoms with Crippen molar-refractivity contribution in [3.05, 3.63) is 60.4 Å². The van der Waals surface area contributed by atoms with Gasteiger partial charge >= 0.3 is 0 Å². The SMILES string of the molecule is Cl.Cl.NCC1CCCCC1NC(=O)c1ccc(-n2cnc3ccccc32)cc1. The largest absolute Gasteiger partial charge is 0.349 e. The number of aromatic nitrogens is 2. The van der Waals surface area contributed by atoms with E-state index < -0.39 is 0 Å². The fourth-order valence-corrected chi connectivity index (χ4v) is 3.87. The third-order valence-corrected chi connectivity index (χ3v) is 5.39. The summed E-state index contributed by atoms with van der Waals surface area (Å²) in [5, 5.41) is 3.18. The van der Waals surface area contributed by atoms with Gasteiger partial charge in [0.2, 0.25) is 0 Å². The Kier molecular flexibility index (Phi) is 7.87. The molecule has 2 atom stereocenters. The number of nitrogens with two attached hydrogens (primary N) is 1. The molecule has 28 heavy (non-hydrogen) atoms. The van der Waals surface area contributed by atoms with Gasteiger partial charge in [0.05, 0.1) is 11.0 Å². The van der Waals surface area contributed by atoms with Gasteiger partial charge in [0.15, 0.2) is 0 Å². The normalized spacial score (nSPS) is 18.8. The third kappa shape index (κ3) is 4.49. The molecule has 2 aromatic carbocycles. The molecule has 1 saturated carbocycles. The zero-order valence-corrected chi connectivity index (χ0v) is 17.2. The average Bonchev–Trinajstić information content (AvgIpc) is 3.12. The number of nitrogens with one attached hydrogen (secondary N) is 1. The Morgan fingerprint density at radius 1 is 1.07 bits per heavy atom. The molecule has 1 amide bonds. The van der Waals surface area contributed by atoms with Crippen LogP contribution in [0.4, 0.5) is 0 Å². The van der Waals surface area contributed by atoms with E-state index in [-0.39, 0.29) is 36.8 Å². The molecule has 1 aliphatic rings. The van der Waals surface area contributed by atoms with Crippen LogP contribution in [0.5, 0.6) is 0 Å². The summed E-state index contributed by atoms with van der Waals surface area (Å²) in [5.41, 5.74) is 9.55. The van der Waals surface area contributed by atoms with Crippen LogP contribution in [0.3, 0.4) is 0 Å². The van der Waals surface area contributed by atoms with E-state index in [2.05, 4.69) is 10.3 Å². The molecule has 1 aliphatic carbocycles. The molecule has 0 aliphatic heterocycles. The number of amides is 1. The summed E-state index contributed by atoms with van der Waals surface area (Å²) < 4.78 is 2.03. The lowest BCUT2D eigenvalue weighted by atomic mass is 9.84. The molecule has 1 aromatic heterocycles. The first kappa shape index (κ1) is 22.2. The van der Waals surface area contributed by atoms with Gasteiger partial charge in [-0.25, -0.2) is 4.98 Å². The Morgan fingerprint density at radius 3 is 2.54 bits per heavy atom. The monoisotopic (exact) mass is 420 g/mol. The van der Waals surface area contributed by atoms with Crippen LogP contribution in [0.1, 0.15) is 36.0 Å². The van der Waals surface area contributed by atoms with Crippen molar-refractivity contribution in [3.8, 4) is 5.69 Å². The van der Waals surface area contributed by atoms with Gasteiger partial charge in [0.1, 0.15) is 6.33 Å². The molecular formula is C21H26Cl2N4O. The zero-order valence-electron chi connectivity index (χ0n) is 15.6. The minimum atomic E-state index is -0.0163. The number of imidazole rings is 1. The minimum Gasteiger partial charge on any atom is -0.349 e. The summed E-state index contributed by atoms with van der Waals surface area (Å²) in [5.74, 6) is 0.377. The fourth-order valence-electron chi connectivity index (χ4n) is 3.87. The number of rotatable bonds is 4. The van der Waals surface area contributed by atoms with E-state index in [1.54, 1.807) is 0 Å². The van der Waals surface area contributed by atoms with Crippen molar-refractivity contribution in [3.63, 3.8) is 0 Å². The molecular weight excluding hydrogens is 395 g/mol. The molecule has 3 N–H and O–H groups in total. The number of hydrogen-bond donors (Lipinski definition) is 2. The summed E-state index contributed by atoms with van der Waals surface area (Å²) >= 11 is 0. The Morgan fingerprint density at radius 2 is 1.79 bits per heavy atom. The summed E-state index contributed by atoms with van der Waals surface area (Å²) in [6, 6.07) is 15.9. The van der Waals surface area contributed by atoms with Crippen LogP contribution in [0.2, 0.25) is 0 Å². The standard InChI is InChI=1S/C21H24N4O.2ClH/c22-13-16-5-1-2-6-18(16)24-21(26)15-9-11-17(12-10-15)25-14-23-19-7-3-4-8-20(19)25;;/h3-4,7-12,14,16,18H,1-2,5-6,13,22H2,(H,24,26);2*1H. The Bertz CT molecular complexity index is 910. The van der Waals surface area contributed by atoms with Crippen LogP contribution in [0.15, 0.2) is 54.9 Å². The molecule has 3 aromatic rings. The fraction of sp³-hybridized carbons (Fsp3) is 0.333. The summed E-state index contributed by atoms with van der Waals surface area (Å²) in [7, 11) is 0. The molecule has 0 saturated heterocycles. The van der Waals surface area contributed by atoms with E-state index in [0.717, 1.165) is 36.0 Å². The van der Waals surface area contributed by atoms with Crippen LogP contribution in [0, 0.1) is 5.92 Å². The van der Waals surface area contributed by atoms with Gasteiger partial charge < -0.3 is 11.1 Å². The highest BCUT2D eigenvalue weighted by atomic mass is 35.5. The highest BCUT2D eigenvalue weighted by Gasteiger charge is 2.25. The maximum Gasteiger partial charge on any atom is 0.251 e. The van der Waals surface area contributed by atoms with Crippen molar-refractivity contribution >= 4 is 41.8 Å². The van der Waals surface area contributed by atoms with Gasteiger partial charge in [-0.15, -0.1) is 24.8 Å². The van der Waals surface area contributed by atoms with Crippen molar-refractivity contribution in [2.75, 3.05) is 6.54 Å². The van der Waals surface area contributed by atoms with Gasteiger partial charge in [-0.2, -0.15) is 0 Å². The van der Waals surface area contributed by atoms with E-state index >= 15 is 0 Å². The van der Waals surface area contributed by atoms with Gasteiger partial charge in [0.25, 0.3) is 5.91 Å². The summed E-state index contributed by atoms with van der Waals surface area (Å²) in [4.78, 5) is 17.0. The number of fused-ring (bicyclic) bond motifs is 1. The smallest absolute Gasteiger partial charge is 0.251 e. The van der Waals surface area contributed by atoms with Gasteiger partial charge in [0, 0.05) is 17.3 Å². The second-order valence-corrected chi connectivity index (χ2v) is 7.01. The third-order valence-electron chi connectivity index (χ3n) is 5.39. The maximum absolute atomic E-state index is 12.6. The molecule has 0 bridgehead atoms. The average molecular weight is 421 g/mol. The lowest BCUT2D eigenvalue weighted by Crippen LogP contribution is -2.44. The molecule has 5 nitrogen and oxygen atoms in total. The topological polar surface area (TPSA) is 72.9 Å². The van der Waals surface area contributed by atoms with E-state index in [1.807, 2.05) is 59.4 Å². The number of nitrogens with zero attached hydrogens (tertiary/aromatic N) is 2. The molecule has 2 unspecified atom stereocenters. The first-order valence-corrected chi connectivity index (χ1v) is 9.30. The number of carbonyl (C=O) groups excluding carboxylic acids is 1.